The topological polar surface area (TPSA) is 38.3 Å². The minimum Gasteiger partial charge on any atom is -0.368 e. The Morgan fingerprint density at radius 2 is 2.22 bits per heavy atom. The van der Waals surface area contributed by atoms with Crippen molar-refractivity contribution in [3.05, 3.63) is 35.9 Å². The number of ether oxygens (including phenoxy) is 1. The van der Waals surface area contributed by atoms with Crippen molar-refractivity contribution in [3.63, 3.8) is 0 Å². The zero-order valence-electron chi connectivity index (χ0n) is 10.4. The summed E-state index contributed by atoms with van der Waals surface area (Å²) in [7, 11) is 0. The van der Waals surface area contributed by atoms with Crippen molar-refractivity contribution in [1.82, 2.24) is 5.32 Å². The van der Waals surface area contributed by atoms with Gasteiger partial charge in [0.25, 0.3) is 0 Å². The van der Waals surface area contributed by atoms with E-state index in [1.165, 1.54) is 0 Å². The SMILES string of the molecule is CC1CCOC1C(=O)NCC(Cl)c1ccccc1. The summed E-state index contributed by atoms with van der Waals surface area (Å²) in [6.45, 7) is 3.13. The van der Waals surface area contributed by atoms with E-state index in [2.05, 4.69) is 5.32 Å². The number of hydrogen-bond acceptors (Lipinski definition) is 2. The van der Waals surface area contributed by atoms with Crippen LogP contribution in [0.1, 0.15) is 24.3 Å². The molecule has 1 saturated heterocycles. The zero-order chi connectivity index (χ0) is 13.0. The van der Waals surface area contributed by atoms with Crippen LogP contribution in [0.2, 0.25) is 0 Å². The van der Waals surface area contributed by atoms with E-state index in [1.807, 2.05) is 37.3 Å². The molecule has 4 heteroatoms. The van der Waals surface area contributed by atoms with Gasteiger partial charge in [-0.3, -0.25) is 4.79 Å². The van der Waals surface area contributed by atoms with Crippen molar-refractivity contribution in [2.24, 2.45) is 5.92 Å². The highest BCUT2D eigenvalue weighted by atomic mass is 35.5. The van der Waals surface area contributed by atoms with Gasteiger partial charge in [-0.15, -0.1) is 11.6 Å². The Labute approximate surface area is 112 Å². The number of hydrogen-bond donors (Lipinski definition) is 1. The smallest absolute Gasteiger partial charge is 0.249 e. The minimum atomic E-state index is -0.315. The van der Waals surface area contributed by atoms with Gasteiger partial charge in [0, 0.05) is 13.2 Å². The van der Waals surface area contributed by atoms with Crippen LogP contribution in [0, 0.1) is 5.92 Å². The first-order chi connectivity index (χ1) is 8.68. The lowest BCUT2D eigenvalue weighted by Gasteiger charge is -2.16. The second-order valence-electron chi connectivity index (χ2n) is 4.68. The molecule has 0 spiro atoms. The van der Waals surface area contributed by atoms with E-state index in [4.69, 9.17) is 16.3 Å². The molecule has 1 aliphatic rings. The molecule has 1 heterocycles. The third-order valence-corrected chi connectivity index (χ3v) is 3.67. The Kier molecular flexibility index (Phi) is 4.61. The van der Waals surface area contributed by atoms with E-state index in [-0.39, 0.29) is 23.3 Å². The maximum absolute atomic E-state index is 11.9. The third-order valence-electron chi connectivity index (χ3n) is 3.26. The second kappa shape index (κ2) is 6.21. The van der Waals surface area contributed by atoms with Gasteiger partial charge < -0.3 is 10.1 Å². The summed E-state index contributed by atoms with van der Waals surface area (Å²) in [6.07, 6.45) is 0.630. The summed E-state index contributed by atoms with van der Waals surface area (Å²) >= 11 is 6.24. The van der Waals surface area contributed by atoms with Crippen LogP contribution in [0.4, 0.5) is 0 Å². The molecule has 0 bridgehead atoms. The van der Waals surface area contributed by atoms with Gasteiger partial charge >= 0.3 is 0 Å². The Morgan fingerprint density at radius 1 is 1.50 bits per heavy atom. The second-order valence-corrected chi connectivity index (χ2v) is 5.21. The van der Waals surface area contributed by atoms with Gasteiger partial charge in [0.2, 0.25) is 5.91 Å². The molecule has 1 aromatic rings. The average Bonchev–Trinajstić information content (AvgIpc) is 2.83. The summed E-state index contributed by atoms with van der Waals surface area (Å²) < 4.78 is 5.41. The van der Waals surface area contributed by atoms with E-state index in [1.54, 1.807) is 0 Å². The molecule has 1 amide bonds. The first kappa shape index (κ1) is 13.4. The molecule has 0 aliphatic carbocycles. The first-order valence-corrected chi connectivity index (χ1v) is 6.70. The van der Waals surface area contributed by atoms with Crippen LogP contribution in [0.3, 0.4) is 0 Å². The van der Waals surface area contributed by atoms with Crippen molar-refractivity contribution < 1.29 is 9.53 Å². The van der Waals surface area contributed by atoms with Gasteiger partial charge in [-0.2, -0.15) is 0 Å². The molecule has 3 unspecified atom stereocenters. The van der Waals surface area contributed by atoms with Crippen molar-refractivity contribution in [2.45, 2.75) is 24.8 Å². The van der Waals surface area contributed by atoms with Crippen LogP contribution in [-0.2, 0) is 9.53 Å². The molecule has 0 aromatic heterocycles. The molecule has 18 heavy (non-hydrogen) atoms. The number of alkyl halides is 1. The third kappa shape index (κ3) is 3.24. The minimum absolute atomic E-state index is 0.0541. The van der Waals surface area contributed by atoms with Gasteiger partial charge in [-0.1, -0.05) is 37.3 Å². The highest BCUT2D eigenvalue weighted by molar-refractivity contribution is 6.21. The van der Waals surface area contributed by atoms with Crippen molar-refractivity contribution in [2.75, 3.05) is 13.2 Å². The van der Waals surface area contributed by atoms with Gasteiger partial charge in [0.1, 0.15) is 6.10 Å². The van der Waals surface area contributed by atoms with E-state index in [0.29, 0.717) is 13.2 Å². The number of amides is 1. The number of halogens is 1. The number of carbonyl (C=O) groups excluding carboxylic acids is 1. The lowest BCUT2D eigenvalue weighted by atomic mass is 10.0. The van der Waals surface area contributed by atoms with Crippen molar-refractivity contribution in [3.8, 4) is 0 Å². The average molecular weight is 268 g/mol. The highest BCUT2D eigenvalue weighted by Gasteiger charge is 2.30. The fraction of sp³-hybridized carbons (Fsp3) is 0.500. The number of benzene rings is 1. The first-order valence-electron chi connectivity index (χ1n) is 6.27. The van der Waals surface area contributed by atoms with Gasteiger partial charge in [-0.25, -0.2) is 0 Å². The molecular formula is C14H18ClNO2. The van der Waals surface area contributed by atoms with E-state index >= 15 is 0 Å². The van der Waals surface area contributed by atoms with Gasteiger partial charge in [-0.05, 0) is 17.9 Å². The largest absolute Gasteiger partial charge is 0.368 e. The fourth-order valence-electron chi connectivity index (χ4n) is 2.10. The number of carbonyl (C=O) groups is 1. The Bertz CT molecular complexity index is 396. The van der Waals surface area contributed by atoms with Crippen molar-refractivity contribution in [1.29, 1.82) is 0 Å². The molecule has 0 radical (unpaired) electrons. The van der Waals surface area contributed by atoms with E-state index in [9.17, 15) is 4.79 Å². The maximum Gasteiger partial charge on any atom is 0.249 e. The summed E-state index contributed by atoms with van der Waals surface area (Å²) in [6, 6.07) is 9.74. The summed E-state index contributed by atoms with van der Waals surface area (Å²) in [5, 5.41) is 2.66. The molecule has 2 rings (SSSR count). The highest BCUT2D eigenvalue weighted by Crippen LogP contribution is 2.21. The predicted molar refractivity (Wildman–Crippen MR) is 71.6 cm³/mol. The Hall–Kier alpha value is -1.06. The number of rotatable bonds is 4. The van der Waals surface area contributed by atoms with Gasteiger partial charge in [0.05, 0.1) is 5.38 Å². The van der Waals surface area contributed by atoms with Crippen LogP contribution < -0.4 is 5.32 Å². The Balaban J connectivity index is 1.83. The standard InChI is InChI=1S/C14H18ClNO2/c1-10-7-8-18-13(10)14(17)16-9-12(15)11-5-3-2-4-6-11/h2-6,10,12-13H,7-9H2,1H3,(H,16,17). The lowest BCUT2D eigenvalue weighted by molar-refractivity contribution is -0.131. The van der Waals surface area contributed by atoms with Crippen LogP contribution in [0.5, 0.6) is 0 Å². The van der Waals surface area contributed by atoms with Crippen LogP contribution in [-0.4, -0.2) is 25.2 Å². The molecule has 1 aliphatic heterocycles. The van der Waals surface area contributed by atoms with Crippen LogP contribution in [0.25, 0.3) is 0 Å². The van der Waals surface area contributed by atoms with E-state index < -0.39 is 0 Å². The maximum atomic E-state index is 11.9. The fourth-order valence-corrected chi connectivity index (χ4v) is 2.32. The molecule has 0 saturated carbocycles. The molecule has 98 valence electrons. The van der Waals surface area contributed by atoms with Crippen LogP contribution >= 0.6 is 11.6 Å². The summed E-state index contributed by atoms with van der Waals surface area (Å²) in [4.78, 5) is 11.9. The zero-order valence-corrected chi connectivity index (χ0v) is 11.2. The van der Waals surface area contributed by atoms with E-state index in [0.717, 1.165) is 12.0 Å². The number of nitrogens with one attached hydrogen (secondary N) is 1. The molecule has 1 aromatic carbocycles. The molecule has 1 N–H and O–H groups in total. The monoisotopic (exact) mass is 267 g/mol. The lowest BCUT2D eigenvalue weighted by Crippen LogP contribution is -2.38. The Morgan fingerprint density at radius 3 is 2.83 bits per heavy atom. The predicted octanol–water partition coefficient (Wildman–Crippen LogP) is 2.51. The van der Waals surface area contributed by atoms with Gasteiger partial charge in [0.15, 0.2) is 0 Å². The van der Waals surface area contributed by atoms with Crippen molar-refractivity contribution >= 4 is 17.5 Å². The quantitative estimate of drug-likeness (QED) is 0.852. The summed E-state index contributed by atoms with van der Waals surface area (Å²) in [5.41, 5.74) is 1.01. The van der Waals surface area contributed by atoms with Crippen LogP contribution in [0.15, 0.2) is 30.3 Å². The normalized spacial score (nSPS) is 24.8. The molecule has 3 atom stereocenters. The summed E-state index contributed by atoms with van der Waals surface area (Å²) in [5.74, 6) is 0.233. The molecule has 3 nitrogen and oxygen atoms in total. The molecular weight excluding hydrogens is 250 g/mol. The molecule has 1 fully saturated rings.